The highest BCUT2D eigenvalue weighted by Crippen LogP contribution is 2.16. The van der Waals surface area contributed by atoms with E-state index in [2.05, 4.69) is 6.92 Å². The van der Waals surface area contributed by atoms with Crippen molar-refractivity contribution in [3.63, 3.8) is 0 Å². The normalized spacial score (nSPS) is 15.1. The summed E-state index contributed by atoms with van der Waals surface area (Å²) in [6, 6.07) is 0. The van der Waals surface area contributed by atoms with Gasteiger partial charge in [-0.05, 0) is 12.8 Å². The highest BCUT2D eigenvalue weighted by molar-refractivity contribution is 5.69. The first kappa shape index (κ1) is 13.4. The Labute approximate surface area is 84.6 Å². The van der Waals surface area contributed by atoms with Crippen LogP contribution in [0, 0.1) is 5.92 Å². The molecule has 4 heteroatoms. The number of unbranched alkanes of at least 4 members (excludes halogenated alkanes) is 2. The van der Waals surface area contributed by atoms with E-state index in [4.69, 9.17) is 15.3 Å². The van der Waals surface area contributed by atoms with E-state index in [-0.39, 0.29) is 13.0 Å². The Morgan fingerprint density at radius 1 is 1.36 bits per heavy atom. The monoisotopic (exact) mass is 204 g/mol. The molecule has 2 unspecified atom stereocenters. The molecule has 0 radical (unpaired) electrons. The maximum absolute atomic E-state index is 10.8. The van der Waals surface area contributed by atoms with Crippen molar-refractivity contribution in [1.29, 1.82) is 0 Å². The topological polar surface area (TPSA) is 77.8 Å². The van der Waals surface area contributed by atoms with Crippen molar-refractivity contribution >= 4 is 5.97 Å². The lowest BCUT2D eigenvalue weighted by atomic mass is 9.95. The number of hydrogen-bond acceptors (Lipinski definition) is 3. The zero-order valence-corrected chi connectivity index (χ0v) is 8.65. The second kappa shape index (κ2) is 7.76. The van der Waals surface area contributed by atoms with Gasteiger partial charge in [0.1, 0.15) is 0 Å². The van der Waals surface area contributed by atoms with Crippen molar-refractivity contribution in [3.8, 4) is 0 Å². The molecule has 0 aliphatic rings. The van der Waals surface area contributed by atoms with Crippen molar-refractivity contribution in [2.75, 3.05) is 6.61 Å². The second-order valence-corrected chi connectivity index (χ2v) is 3.60. The summed E-state index contributed by atoms with van der Waals surface area (Å²) in [7, 11) is 0. The summed E-state index contributed by atoms with van der Waals surface area (Å²) in [5.74, 6) is -1.41. The molecule has 0 saturated heterocycles. The van der Waals surface area contributed by atoms with E-state index in [0.29, 0.717) is 6.42 Å². The van der Waals surface area contributed by atoms with E-state index in [1.807, 2.05) is 0 Å². The second-order valence-electron chi connectivity index (χ2n) is 3.60. The molecule has 0 aromatic heterocycles. The maximum atomic E-state index is 10.8. The Bertz CT molecular complexity index is 158. The summed E-state index contributed by atoms with van der Waals surface area (Å²) in [6.07, 6.45) is 2.76. The Morgan fingerprint density at radius 2 is 2.00 bits per heavy atom. The molecule has 0 aliphatic heterocycles. The Morgan fingerprint density at radius 3 is 2.43 bits per heavy atom. The first-order valence-corrected chi connectivity index (χ1v) is 5.13. The van der Waals surface area contributed by atoms with Crippen LogP contribution in [0.15, 0.2) is 0 Å². The van der Waals surface area contributed by atoms with Crippen LogP contribution in [0.25, 0.3) is 0 Å². The van der Waals surface area contributed by atoms with Gasteiger partial charge in [-0.3, -0.25) is 4.79 Å². The Kier molecular flexibility index (Phi) is 7.42. The fourth-order valence-corrected chi connectivity index (χ4v) is 1.39. The Hall–Kier alpha value is -0.610. The largest absolute Gasteiger partial charge is 0.481 e. The summed E-state index contributed by atoms with van der Waals surface area (Å²) in [5, 5.41) is 26.5. The zero-order valence-electron chi connectivity index (χ0n) is 8.65. The molecule has 4 nitrogen and oxygen atoms in total. The predicted octanol–water partition coefficient (Wildman–Crippen LogP) is 1.01. The molecular formula is C10H20O4. The zero-order chi connectivity index (χ0) is 11.0. The van der Waals surface area contributed by atoms with Crippen molar-refractivity contribution in [3.05, 3.63) is 0 Å². The number of hydrogen-bond donors (Lipinski definition) is 3. The lowest BCUT2D eigenvalue weighted by molar-refractivity contribution is -0.143. The van der Waals surface area contributed by atoms with Crippen LogP contribution in [-0.4, -0.2) is 34.0 Å². The average molecular weight is 204 g/mol. The summed E-state index contributed by atoms with van der Waals surface area (Å²) in [4.78, 5) is 10.8. The maximum Gasteiger partial charge on any atom is 0.306 e. The number of aliphatic hydroxyl groups is 2. The molecule has 0 spiro atoms. The molecule has 0 bridgehead atoms. The molecule has 3 N–H and O–H groups in total. The molecule has 14 heavy (non-hydrogen) atoms. The quantitative estimate of drug-likeness (QED) is 0.516. The van der Waals surface area contributed by atoms with Crippen molar-refractivity contribution in [1.82, 2.24) is 0 Å². The number of aliphatic carboxylic acids is 1. The van der Waals surface area contributed by atoms with E-state index in [1.54, 1.807) is 0 Å². The minimum atomic E-state index is -0.905. The van der Waals surface area contributed by atoms with E-state index < -0.39 is 18.0 Å². The van der Waals surface area contributed by atoms with Crippen LogP contribution < -0.4 is 0 Å². The van der Waals surface area contributed by atoms with Gasteiger partial charge in [-0.25, -0.2) is 0 Å². The van der Waals surface area contributed by atoms with Gasteiger partial charge < -0.3 is 15.3 Å². The number of aliphatic hydroxyl groups excluding tert-OH is 2. The fraction of sp³-hybridized carbons (Fsp3) is 0.900. The van der Waals surface area contributed by atoms with Crippen molar-refractivity contribution in [2.24, 2.45) is 5.92 Å². The molecule has 0 rings (SSSR count). The van der Waals surface area contributed by atoms with Gasteiger partial charge >= 0.3 is 5.97 Å². The summed E-state index contributed by atoms with van der Waals surface area (Å²) < 4.78 is 0. The van der Waals surface area contributed by atoms with Gasteiger partial charge in [0.2, 0.25) is 0 Å². The third-order valence-electron chi connectivity index (χ3n) is 2.27. The van der Waals surface area contributed by atoms with E-state index in [9.17, 15) is 4.79 Å². The fourth-order valence-electron chi connectivity index (χ4n) is 1.39. The number of rotatable bonds is 8. The van der Waals surface area contributed by atoms with Crippen LogP contribution in [0.4, 0.5) is 0 Å². The predicted molar refractivity (Wildman–Crippen MR) is 53.0 cm³/mol. The molecule has 2 atom stereocenters. The molecule has 0 fully saturated rings. The van der Waals surface area contributed by atoms with Crippen LogP contribution in [0.5, 0.6) is 0 Å². The summed E-state index contributed by atoms with van der Waals surface area (Å²) in [6.45, 7) is 1.69. The minimum Gasteiger partial charge on any atom is -0.481 e. The molecule has 0 aliphatic carbocycles. The van der Waals surface area contributed by atoms with Crippen molar-refractivity contribution in [2.45, 2.75) is 45.1 Å². The van der Waals surface area contributed by atoms with Gasteiger partial charge in [-0.2, -0.15) is 0 Å². The van der Waals surface area contributed by atoms with Crippen LogP contribution in [0.3, 0.4) is 0 Å². The minimum absolute atomic E-state index is 0.148. The molecule has 84 valence electrons. The highest BCUT2D eigenvalue weighted by Gasteiger charge is 2.20. The van der Waals surface area contributed by atoms with E-state index >= 15 is 0 Å². The first-order valence-electron chi connectivity index (χ1n) is 5.13. The van der Waals surface area contributed by atoms with E-state index in [1.165, 1.54) is 0 Å². The third-order valence-corrected chi connectivity index (χ3v) is 2.27. The number of carboxylic acids is 1. The van der Waals surface area contributed by atoms with Gasteiger partial charge in [0.15, 0.2) is 0 Å². The standard InChI is InChI=1S/C10H20O4/c1-2-3-4-5-8(10(13)14)6-9(12)7-11/h8-9,11-12H,2-7H2,1H3,(H,13,14). The van der Waals surface area contributed by atoms with Crippen LogP contribution >= 0.6 is 0 Å². The van der Waals surface area contributed by atoms with Crippen LogP contribution in [-0.2, 0) is 4.79 Å². The van der Waals surface area contributed by atoms with Gasteiger partial charge in [0, 0.05) is 0 Å². The lowest BCUT2D eigenvalue weighted by Gasteiger charge is -2.14. The molecule has 0 heterocycles. The number of carboxylic acid groups (broad SMARTS) is 1. The molecule has 0 amide bonds. The SMILES string of the molecule is CCCCCC(CC(O)CO)C(=O)O. The van der Waals surface area contributed by atoms with Crippen LogP contribution in [0.2, 0.25) is 0 Å². The van der Waals surface area contributed by atoms with Gasteiger partial charge in [0.05, 0.1) is 18.6 Å². The number of carbonyl (C=O) groups is 1. The smallest absolute Gasteiger partial charge is 0.306 e. The van der Waals surface area contributed by atoms with Gasteiger partial charge in [-0.1, -0.05) is 26.2 Å². The van der Waals surface area contributed by atoms with Crippen molar-refractivity contribution < 1.29 is 20.1 Å². The Balaban J connectivity index is 3.84. The average Bonchev–Trinajstić information content (AvgIpc) is 2.16. The third kappa shape index (κ3) is 5.94. The molecular weight excluding hydrogens is 184 g/mol. The van der Waals surface area contributed by atoms with Gasteiger partial charge in [0.25, 0.3) is 0 Å². The van der Waals surface area contributed by atoms with Crippen LogP contribution in [0.1, 0.15) is 39.0 Å². The molecule has 0 aromatic rings. The molecule has 0 saturated carbocycles. The van der Waals surface area contributed by atoms with E-state index in [0.717, 1.165) is 19.3 Å². The highest BCUT2D eigenvalue weighted by atomic mass is 16.4. The summed E-state index contributed by atoms with van der Waals surface area (Å²) >= 11 is 0. The van der Waals surface area contributed by atoms with Gasteiger partial charge in [-0.15, -0.1) is 0 Å². The molecule has 0 aromatic carbocycles. The first-order chi connectivity index (χ1) is 6.61. The summed E-state index contributed by atoms with van der Waals surface area (Å²) in [5.41, 5.74) is 0. The lowest BCUT2D eigenvalue weighted by Crippen LogP contribution is -2.23.